The van der Waals surface area contributed by atoms with Gasteiger partial charge in [0.2, 0.25) is 0 Å². The molecule has 2 aromatic rings. The van der Waals surface area contributed by atoms with Gasteiger partial charge in [0, 0.05) is 25.2 Å². The van der Waals surface area contributed by atoms with Gasteiger partial charge in [0.1, 0.15) is 12.0 Å². The zero-order chi connectivity index (χ0) is 19.3. The summed E-state index contributed by atoms with van der Waals surface area (Å²) < 4.78 is 5.30. The van der Waals surface area contributed by atoms with Crippen LogP contribution in [0, 0.1) is 0 Å². The molecule has 0 radical (unpaired) electrons. The summed E-state index contributed by atoms with van der Waals surface area (Å²) in [6.07, 6.45) is 7.45. The number of aromatic hydroxyl groups is 1. The first-order valence-corrected chi connectivity index (χ1v) is 10.5. The van der Waals surface area contributed by atoms with Crippen LogP contribution in [-0.4, -0.2) is 41.1 Å². The van der Waals surface area contributed by atoms with Crippen molar-refractivity contribution in [2.24, 2.45) is 0 Å². The van der Waals surface area contributed by atoms with E-state index in [1.54, 1.807) is 0 Å². The normalized spacial score (nSPS) is 21.6. The van der Waals surface area contributed by atoms with Crippen LogP contribution >= 0.6 is 0 Å². The summed E-state index contributed by atoms with van der Waals surface area (Å²) in [4.78, 5) is 16.9. The number of benzene rings is 1. The van der Waals surface area contributed by atoms with Crippen molar-refractivity contribution >= 4 is 0 Å². The lowest BCUT2D eigenvalue weighted by Crippen LogP contribution is -2.26. The third-order valence-corrected chi connectivity index (χ3v) is 6.16. The van der Waals surface area contributed by atoms with E-state index in [1.807, 2.05) is 6.07 Å². The molecule has 2 fully saturated rings. The van der Waals surface area contributed by atoms with Crippen LogP contribution in [0.15, 0.2) is 45.8 Å². The Kier molecular flexibility index (Phi) is 6.13. The van der Waals surface area contributed by atoms with Gasteiger partial charge in [-0.05, 0) is 50.4 Å². The first kappa shape index (κ1) is 19.2. The molecule has 2 saturated heterocycles. The van der Waals surface area contributed by atoms with E-state index in [-0.39, 0.29) is 5.75 Å². The van der Waals surface area contributed by atoms with E-state index in [9.17, 15) is 9.90 Å². The lowest BCUT2D eigenvalue weighted by Gasteiger charge is -2.21. The quantitative estimate of drug-likeness (QED) is 0.854. The molecule has 3 heterocycles. The van der Waals surface area contributed by atoms with Crippen LogP contribution in [0.25, 0.3) is 0 Å². The van der Waals surface area contributed by atoms with Gasteiger partial charge in [-0.2, -0.15) is 0 Å². The van der Waals surface area contributed by atoms with Crippen molar-refractivity contribution in [2.75, 3.05) is 26.2 Å². The maximum Gasteiger partial charge on any atom is 0.343 e. The Hall–Kier alpha value is -2.11. The molecule has 4 rings (SSSR count). The summed E-state index contributed by atoms with van der Waals surface area (Å²) in [5.41, 5.74) is 2.06. The number of hydrogen-bond donors (Lipinski definition) is 1. The highest BCUT2D eigenvalue weighted by atomic mass is 16.4. The van der Waals surface area contributed by atoms with E-state index < -0.39 is 5.63 Å². The Morgan fingerprint density at radius 3 is 2.46 bits per heavy atom. The number of rotatable bonds is 5. The van der Waals surface area contributed by atoms with Crippen LogP contribution in [0.5, 0.6) is 5.75 Å². The molecule has 0 spiro atoms. The van der Waals surface area contributed by atoms with Crippen molar-refractivity contribution in [3.05, 3.63) is 63.7 Å². The zero-order valence-electron chi connectivity index (χ0n) is 16.5. The Labute approximate surface area is 166 Å². The average Bonchev–Trinajstić information content (AvgIpc) is 3.04. The molecule has 0 aliphatic carbocycles. The molecule has 1 atom stereocenters. The molecular formula is C23H30N2O3. The van der Waals surface area contributed by atoms with Gasteiger partial charge >= 0.3 is 5.63 Å². The standard InChI is InChI=1S/C23H30N2O3/c26-22-20(15-24-11-6-1-2-7-12-24)17-28-23(27)21(22)16-25-13-10-19(14-25)18-8-4-3-5-9-18/h3-5,8-9,17,19,26H,1-2,6-7,10-16H2/t19-/m0/s1. The van der Waals surface area contributed by atoms with Gasteiger partial charge in [0.15, 0.2) is 0 Å². The van der Waals surface area contributed by atoms with Crippen LogP contribution < -0.4 is 5.63 Å². The molecule has 1 aromatic carbocycles. The second-order valence-electron chi connectivity index (χ2n) is 8.20. The topological polar surface area (TPSA) is 56.9 Å². The lowest BCUT2D eigenvalue weighted by molar-refractivity contribution is 0.264. The van der Waals surface area contributed by atoms with Crippen LogP contribution in [0.1, 0.15) is 54.7 Å². The smallest absolute Gasteiger partial charge is 0.343 e. The number of nitrogens with zero attached hydrogens (tertiary/aromatic N) is 2. The Bertz CT molecular complexity index is 825. The molecule has 2 aliphatic heterocycles. The summed E-state index contributed by atoms with van der Waals surface area (Å²) >= 11 is 0. The second-order valence-corrected chi connectivity index (χ2v) is 8.20. The molecule has 0 unspecified atom stereocenters. The molecule has 0 saturated carbocycles. The van der Waals surface area contributed by atoms with Crippen LogP contribution in [0.2, 0.25) is 0 Å². The van der Waals surface area contributed by atoms with Gasteiger partial charge in [-0.15, -0.1) is 0 Å². The van der Waals surface area contributed by atoms with Gasteiger partial charge in [0.25, 0.3) is 0 Å². The van der Waals surface area contributed by atoms with Gasteiger partial charge in [-0.25, -0.2) is 4.79 Å². The molecule has 5 nitrogen and oxygen atoms in total. The van der Waals surface area contributed by atoms with E-state index in [4.69, 9.17) is 4.42 Å². The first-order valence-electron chi connectivity index (χ1n) is 10.5. The molecule has 150 valence electrons. The Morgan fingerprint density at radius 1 is 0.964 bits per heavy atom. The van der Waals surface area contributed by atoms with Crippen molar-refractivity contribution in [2.45, 2.75) is 51.1 Å². The third-order valence-electron chi connectivity index (χ3n) is 6.16. The highest BCUT2D eigenvalue weighted by molar-refractivity contribution is 5.36. The predicted molar refractivity (Wildman–Crippen MR) is 109 cm³/mol. The van der Waals surface area contributed by atoms with Crippen molar-refractivity contribution in [3.63, 3.8) is 0 Å². The highest BCUT2D eigenvalue weighted by Crippen LogP contribution is 2.30. The van der Waals surface area contributed by atoms with Crippen LogP contribution in [-0.2, 0) is 13.1 Å². The molecule has 0 amide bonds. The molecule has 5 heteroatoms. The van der Waals surface area contributed by atoms with E-state index >= 15 is 0 Å². The molecular weight excluding hydrogens is 352 g/mol. The summed E-state index contributed by atoms with van der Waals surface area (Å²) in [7, 11) is 0. The fourth-order valence-electron chi connectivity index (χ4n) is 4.53. The van der Waals surface area contributed by atoms with Gasteiger partial charge in [-0.3, -0.25) is 9.80 Å². The van der Waals surface area contributed by atoms with E-state index in [0.717, 1.165) is 38.2 Å². The summed E-state index contributed by atoms with van der Waals surface area (Å²) in [5, 5.41) is 10.8. The number of likely N-dealkylation sites (tertiary alicyclic amines) is 2. The van der Waals surface area contributed by atoms with Crippen LogP contribution in [0.3, 0.4) is 0 Å². The second kappa shape index (κ2) is 8.93. The molecule has 1 N–H and O–H groups in total. The maximum atomic E-state index is 12.3. The maximum absolute atomic E-state index is 12.3. The molecule has 2 aliphatic rings. The lowest BCUT2D eigenvalue weighted by atomic mass is 9.99. The Balaban J connectivity index is 1.45. The molecule has 28 heavy (non-hydrogen) atoms. The summed E-state index contributed by atoms with van der Waals surface area (Å²) in [6.45, 7) is 5.01. The van der Waals surface area contributed by atoms with E-state index in [1.165, 1.54) is 37.5 Å². The van der Waals surface area contributed by atoms with Crippen molar-refractivity contribution in [3.8, 4) is 5.75 Å². The molecule has 1 aromatic heterocycles. The minimum Gasteiger partial charge on any atom is -0.507 e. The van der Waals surface area contributed by atoms with Crippen LogP contribution in [0.4, 0.5) is 0 Å². The summed E-state index contributed by atoms with van der Waals surface area (Å²) in [5.74, 6) is 0.610. The van der Waals surface area contributed by atoms with Gasteiger partial charge in [-0.1, -0.05) is 43.2 Å². The monoisotopic (exact) mass is 382 g/mol. The van der Waals surface area contributed by atoms with Gasteiger partial charge < -0.3 is 9.52 Å². The number of hydrogen-bond acceptors (Lipinski definition) is 5. The first-order chi connectivity index (χ1) is 13.7. The zero-order valence-corrected chi connectivity index (χ0v) is 16.5. The fraction of sp³-hybridized carbons (Fsp3) is 0.522. The van der Waals surface area contributed by atoms with E-state index in [2.05, 4.69) is 34.1 Å². The average molecular weight is 383 g/mol. The molecule has 0 bridgehead atoms. The van der Waals surface area contributed by atoms with Crippen molar-refractivity contribution < 1.29 is 9.52 Å². The highest BCUT2D eigenvalue weighted by Gasteiger charge is 2.26. The minimum absolute atomic E-state index is 0.128. The largest absolute Gasteiger partial charge is 0.507 e. The van der Waals surface area contributed by atoms with Crippen molar-refractivity contribution in [1.29, 1.82) is 0 Å². The van der Waals surface area contributed by atoms with Crippen molar-refractivity contribution in [1.82, 2.24) is 9.80 Å². The van der Waals surface area contributed by atoms with Gasteiger partial charge in [0.05, 0.1) is 5.56 Å². The Morgan fingerprint density at radius 2 is 1.71 bits per heavy atom. The third kappa shape index (κ3) is 4.47. The predicted octanol–water partition coefficient (Wildman–Crippen LogP) is 3.71. The van der Waals surface area contributed by atoms with E-state index in [0.29, 0.717) is 24.6 Å². The SMILES string of the molecule is O=c1occ(CN2CCCCCC2)c(O)c1CN1CC[C@H](c2ccccc2)C1. The fourth-order valence-corrected chi connectivity index (χ4v) is 4.53. The minimum atomic E-state index is -0.416. The summed E-state index contributed by atoms with van der Waals surface area (Å²) in [6, 6.07) is 10.5.